The molecule has 4 bridgehead atoms. The Bertz CT molecular complexity index is 1040. The molecule has 6 rings (SSSR count). The fourth-order valence-electron chi connectivity index (χ4n) is 6.60. The molecule has 2 heterocycles. The number of hydrogen-bond donors (Lipinski definition) is 2. The highest BCUT2D eigenvalue weighted by molar-refractivity contribution is 7.88. The van der Waals surface area contributed by atoms with Crippen LogP contribution in [0.3, 0.4) is 0 Å². The summed E-state index contributed by atoms with van der Waals surface area (Å²) < 4.78 is 26.8. The summed E-state index contributed by atoms with van der Waals surface area (Å²) in [7, 11) is -3.22. The van der Waals surface area contributed by atoms with E-state index in [2.05, 4.69) is 15.0 Å². The maximum Gasteiger partial charge on any atom is 0.268 e. The summed E-state index contributed by atoms with van der Waals surface area (Å²) in [5, 5.41) is 3.24. The highest BCUT2D eigenvalue weighted by Gasteiger charge is 2.50. The second-order valence-corrected chi connectivity index (χ2v) is 11.7. The van der Waals surface area contributed by atoms with Gasteiger partial charge in [0.1, 0.15) is 11.3 Å². The lowest BCUT2D eigenvalue weighted by Crippen LogP contribution is -2.51. The van der Waals surface area contributed by atoms with Gasteiger partial charge in [-0.3, -0.25) is 9.20 Å². The molecule has 4 saturated carbocycles. The van der Waals surface area contributed by atoms with Gasteiger partial charge in [0.15, 0.2) is 0 Å². The number of pyridine rings is 1. The highest BCUT2D eigenvalue weighted by Crippen LogP contribution is 2.59. The SMILES string of the molecule is CS(=O)(=O)NCCc1cn2c(C(=O)NCC34CC5CC(CC(C5)C3)C4)cccc2n1. The quantitative estimate of drug-likeness (QED) is 0.705. The number of rotatable bonds is 7. The number of sulfonamides is 1. The third-order valence-electron chi connectivity index (χ3n) is 7.31. The molecule has 1 amide bonds. The summed E-state index contributed by atoms with van der Waals surface area (Å²) in [6, 6.07) is 5.53. The molecule has 30 heavy (non-hydrogen) atoms. The van der Waals surface area contributed by atoms with Gasteiger partial charge in [-0.15, -0.1) is 0 Å². The van der Waals surface area contributed by atoms with Gasteiger partial charge >= 0.3 is 0 Å². The van der Waals surface area contributed by atoms with Crippen molar-refractivity contribution in [2.45, 2.75) is 44.9 Å². The highest BCUT2D eigenvalue weighted by atomic mass is 32.2. The third-order valence-corrected chi connectivity index (χ3v) is 8.04. The van der Waals surface area contributed by atoms with Gasteiger partial charge in [-0.2, -0.15) is 0 Å². The summed E-state index contributed by atoms with van der Waals surface area (Å²) in [5.74, 6) is 2.55. The Hall–Kier alpha value is -1.93. The van der Waals surface area contributed by atoms with Crippen LogP contribution in [-0.4, -0.2) is 43.1 Å². The number of fused-ring (bicyclic) bond motifs is 1. The minimum Gasteiger partial charge on any atom is -0.350 e. The van der Waals surface area contributed by atoms with Crippen molar-refractivity contribution >= 4 is 21.6 Å². The van der Waals surface area contributed by atoms with Crippen LogP contribution in [0.25, 0.3) is 5.65 Å². The third kappa shape index (κ3) is 3.99. The molecule has 0 aliphatic heterocycles. The Morgan fingerprint density at radius 2 is 1.83 bits per heavy atom. The summed E-state index contributed by atoms with van der Waals surface area (Å²) in [4.78, 5) is 17.6. The number of carbonyl (C=O) groups excluding carboxylic acids is 1. The smallest absolute Gasteiger partial charge is 0.268 e. The predicted molar refractivity (Wildman–Crippen MR) is 115 cm³/mol. The zero-order chi connectivity index (χ0) is 20.9. The number of imidazole rings is 1. The first-order chi connectivity index (χ1) is 14.3. The molecule has 0 radical (unpaired) electrons. The molecule has 2 aromatic rings. The van der Waals surface area contributed by atoms with E-state index in [1.165, 1.54) is 38.5 Å². The van der Waals surface area contributed by atoms with E-state index in [9.17, 15) is 13.2 Å². The van der Waals surface area contributed by atoms with Crippen LogP contribution in [-0.2, 0) is 16.4 Å². The number of carbonyl (C=O) groups is 1. The lowest BCUT2D eigenvalue weighted by molar-refractivity contribution is -0.0503. The Labute approximate surface area is 177 Å². The Kier molecular flexibility index (Phi) is 4.89. The van der Waals surface area contributed by atoms with Crippen LogP contribution in [0.2, 0.25) is 0 Å². The van der Waals surface area contributed by atoms with Crippen molar-refractivity contribution in [2.75, 3.05) is 19.3 Å². The van der Waals surface area contributed by atoms with Gasteiger partial charge in [0.25, 0.3) is 5.91 Å². The zero-order valence-corrected chi connectivity index (χ0v) is 18.2. The van der Waals surface area contributed by atoms with Gasteiger partial charge in [0.05, 0.1) is 11.9 Å². The molecule has 0 aromatic carbocycles. The second-order valence-electron chi connectivity index (χ2n) is 9.89. The number of aromatic nitrogens is 2. The van der Waals surface area contributed by atoms with Crippen LogP contribution in [0.5, 0.6) is 0 Å². The van der Waals surface area contributed by atoms with Gasteiger partial charge in [0, 0.05) is 25.7 Å². The lowest BCUT2D eigenvalue weighted by atomic mass is 9.49. The molecule has 4 fully saturated rings. The van der Waals surface area contributed by atoms with E-state index < -0.39 is 10.0 Å². The minimum atomic E-state index is -3.22. The van der Waals surface area contributed by atoms with Crippen molar-refractivity contribution in [3.8, 4) is 0 Å². The van der Waals surface area contributed by atoms with E-state index in [1.807, 2.05) is 28.8 Å². The van der Waals surface area contributed by atoms with Crippen LogP contribution >= 0.6 is 0 Å². The molecule has 4 aliphatic carbocycles. The summed E-state index contributed by atoms with van der Waals surface area (Å²) in [6.45, 7) is 1.06. The molecular formula is C22H30N4O3S. The number of hydrogen-bond acceptors (Lipinski definition) is 4. The topological polar surface area (TPSA) is 92.6 Å². The fourth-order valence-corrected chi connectivity index (χ4v) is 7.07. The van der Waals surface area contributed by atoms with E-state index in [1.54, 1.807) is 0 Å². The summed E-state index contributed by atoms with van der Waals surface area (Å²) >= 11 is 0. The fraction of sp³-hybridized carbons (Fsp3) is 0.636. The maximum absolute atomic E-state index is 13.1. The van der Waals surface area contributed by atoms with Crippen molar-refractivity contribution in [2.24, 2.45) is 23.2 Å². The van der Waals surface area contributed by atoms with Crippen molar-refractivity contribution in [3.63, 3.8) is 0 Å². The first-order valence-electron chi connectivity index (χ1n) is 11.0. The van der Waals surface area contributed by atoms with Crippen molar-refractivity contribution < 1.29 is 13.2 Å². The van der Waals surface area contributed by atoms with Crippen molar-refractivity contribution in [3.05, 3.63) is 35.8 Å². The van der Waals surface area contributed by atoms with E-state index in [0.717, 1.165) is 36.2 Å². The molecule has 4 aliphatic rings. The van der Waals surface area contributed by atoms with E-state index in [-0.39, 0.29) is 12.5 Å². The summed E-state index contributed by atoms with van der Waals surface area (Å²) in [5.41, 5.74) is 2.33. The zero-order valence-electron chi connectivity index (χ0n) is 17.4. The Morgan fingerprint density at radius 3 is 2.47 bits per heavy atom. The lowest BCUT2D eigenvalue weighted by Gasteiger charge is -2.56. The normalized spacial score (nSPS) is 30.1. The van der Waals surface area contributed by atoms with Crippen molar-refractivity contribution in [1.82, 2.24) is 19.4 Å². The molecular weight excluding hydrogens is 400 g/mol. The molecule has 2 N–H and O–H groups in total. The average molecular weight is 431 g/mol. The molecule has 8 heteroatoms. The molecule has 2 aromatic heterocycles. The maximum atomic E-state index is 13.1. The molecule has 162 valence electrons. The number of nitrogens with one attached hydrogen (secondary N) is 2. The Morgan fingerprint density at radius 1 is 1.17 bits per heavy atom. The van der Waals surface area contributed by atoms with Crippen LogP contribution in [0, 0.1) is 23.2 Å². The van der Waals surface area contributed by atoms with Crippen LogP contribution in [0.15, 0.2) is 24.4 Å². The first-order valence-corrected chi connectivity index (χ1v) is 12.9. The summed E-state index contributed by atoms with van der Waals surface area (Å²) in [6.07, 6.45) is 11.5. The van der Waals surface area contributed by atoms with Gasteiger partial charge in [-0.1, -0.05) is 6.07 Å². The van der Waals surface area contributed by atoms with E-state index in [0.29, 0.717) is 23.2 Å². The van der Waals surface area contributed by atoms with Crippen molar-refractivity contribution in [1.29, 1.82) is 0 Å². The molecule has 7 nitrogen and oxygen atoms in total. The largest absolute Gasteiger partial charge is 0.350 e. The first kappa shape index (κ1) is 20.0. The molecule has 0 spiro atoms. The van der Waals surface area contributed by atoms with E-state index >= 15 is 0 Å². The van der Waals surface area contributed by atoms with Gasteiger partial charge < -0.3 is 5.32 Å². The average Bonchev–Trinajstić information content (AvgIpc) is 3.07. The standard InChI is InChI=1S/C22H30N4O3S/c1-30(28,29)24-6-5-18-13-26-19(3-2-4-20(26)25-18)21(27)23-14-22-10-15-7-16(11-22)9-17(8-15)12-22/h2-4,13,15-17,24H,5-12,14H2,1H3,(H,23,27). The van der Waals surface area contributed by atoms with Crippen LogP contribution < -0.4 is 10.0 Å². The predicted octanol–water partition coefficient (Wildman–Crippen LogP) is 2.37. The monoisotopic (exact) mass is 430 g/mol. The van der Waals surface area contributed by atoms with Gasteiger partial charge in [-0.25, -0.2) is 18.1 Å². The van der Waals surface area contributed by atoms with Gasteiger partial charge in [0.2, 0.25) is 10.0 Å². The Balaban J connectivity index is 1.28. The van der Waals surface area contributed by atoms with Crippen LogP contribution in [0.4, 0.5) is 0 Å². The molecule has 0 saturated heterocycles. The number of amides is 1. The number of nitrogens with zero attached hydrogens (tertiary/aromatic N) is 2. The van der Waals surface area contributed by atoms with E-state index in [4.69, 9.17) is 0 Å². The molecule has 0 unspecified atom stereocenters. The second kappa shape index (κ2) is 7.34. The van der Waals surface area contributed by atoms with Gasteiger partial charge in [-0.05, 0) is 73.8 Å². The van der Waals surface area contributed by atoms with Crippen LogP contribution in [0.1, 0.15) is 54.7 Å². The minimum absolute atomic E-state index is 0.0606. The molecule has 0 atom stereocenters.